The van der Waals surface area contributed by atoms with Crippen LogP contribution in [0.1, 0.15) is 39.0 Å². The lowest BCUT2D eigenvalue weighted by atomic mass is 10.1. The summed E-state index contributed by atoms with van der Waals surface area (Å²) in [4.78, 5) is 17.3. The van der Waals surface area contributed by atoms with E-state index in [1.807, 2.05) is 11.9 Å². The molecule has 21 heavy (non-hydrogen) atoms. The van der Waals surface area contributed by atoms with Crippen LogP contribution in [0, 0.1) is 16.0 Å². The lowest BCUT2D eigenvalue weighted by Gasteiger charge is -2.22. The van der Waals surface area contributed by atoms with Gasteiger partial charge in [-0.05, 0) is 25.2 Å². The maximum Gasteiger partial charge on any atom is 0.276 e. The summed E-state index contributed by atoms with van der Waals surface area (Å²) in [5.74, 6) is 1.94. The predicted molar refractivity (Wildman–Crippen MR) is 84.9 cm³/mol. The van der Waals surface area contributed by atoms with Crippen LogP contribution in [0.4, 0.5) is 17.3 Å². The summed E-state index contributed by atoms with van der Waals surface area (Å²) in [5, 5.41) is 14.2. The van der Waals surface area contributed by atoms with E-state index in [0.717, 1.165) is 19.5 Å². The standard InChI is InChI=1S/C15H24N4O2/c1-3-8-16-14-9-13(19(20)21)10-15(17-14)18(2)11-12-6-4-5-7-12/h9-10,12H,3-8,11H2,1-2H3,(H,16,17). The van der Waals surface area contributed by atoms with Gasteiger partial charge in [0.25, 0.3) is 5.69 Å². The molecule has 1 aliphatic rings. The summed E-state index contributed by atoms with van der Waals surface area (Å²) in [7, 11) is 1.97. The summed E-state index contributed by atoms with van der Waals surface area (Å²) in [5.41, 5.74) is 0.0943. The number of hydrogen-bond acceptors (Lipinski definition) is 5. The fourth-order valence-electron chi connectivity index (χ4n) is 2.82. The Morgan fingerprint density at radius 3 is 2.76 bits per heavy atom. The average molecular weight is 292 g/mol. The van der Waals surface area contributed by atoms with Crippen molar-refractivity contribution in [2.75, 3.05) is 30.4 Å². The van der Waals surface area contributed by atoms with Gasteiger partial charge in [-0.25, -0.2) is 4.98 Å². The van der Waals surface area contributed by atoms with Gasteiger partial charge in [0.05, 0.1) is 17.1 Å². The highest BCUT2D eigenvalue weighted by molar-refractivity contribution is 5.55. The third kappa shape index (κ3) is 4.31. The van der Waals surface area contributed by atoms with Crippen molar-refractivity contribution in [2.24, 2.45) is 5.92 Å². The van der Waals surface area contributed by atoms with E-state index in [1.165, 1.54) is 31.7 Å². The Balaban J connectivity index is 2.15. The first kappa shape index (κ1) is 15.5. The zero-order valence-corrected chi connectivity index (χ0v) is 12.8. The molecule has 1 N–H and O–H groups in total. The van der Waals surface area contributed by atoms with Crippen LogP contribution < -0.4 is 10.2 Å². The number of nitro groups is 1. The third-order valence-electron chi connectivity index (χ3n) is 3.96. The number of nitrogens with one attached hydrogen (secondary N) is 1. The number of rotatable bonds is 7. The van der Waals surface area contributed by atoms with E-state index in [-0.39, 0.29) is 10.6 Å². The van der Waals surface area contributed by atoms with Gasteiger partial charge in [0.1, 0.15) is 11.6 Å². The van der Waals surface area contributed by atoms with Crippen LogP contribution in [0.15, 0.2) is 12.1 Å². The second-order valence-corrected chi connectivity index (χ2v) is 5.78. The zero-order chi connectivity index (χ0) is 15.2. The minimum Gasteiger partial charge on any atom is -0.370 e. The Hall–Kier alpha value is -1.85. The number of aromatic nitrogens is 1. The van der Waals surface area contributed by atoms with Crippen LogP contribution in [0.3, 0.4) is 0 Å². The molecule has 0 atom stereocenters. The van der Waals surface area contributed by atoms with Gasteiger partial charge >= 0.3 is 0 Å². The average Bonchev–Trinajstić information content (AvgIpc) is 2.97. The molecule has 1 aromatic rings. The van der Waals surface area contributed by atoms with Crippen molar-refractivity contribution in [3.8, 4) is 0 Å². The Morgan fingerprint density at radius 1 is 1.43 bits per heavy atom. The van der Waals surface area contributed by atoms with E-state index in [0.29, 0.717) is 17.6 Å². The molecule has 1 saturated carbocycles. The Bertz CT molecular complexity index is 487. The minimum absolute atomic E-state index is 0.0943. The molecule has 2 rings (SSSR count). The lowest BCUT2D eigenvalue weighted by Crippen LogP contribution is -2.25. The molecular weight excluding hydrogens is 268 g/mol. The van der Waals surface area contributed by atoms with Gasteiger partial charge < -0.3 is 10.2 Å². The van der Waals surface area contributed by atoms with E-state index >= 15 is 0 Å². The highest BCUT2D eigenvalue weighted by atomic mass is 16.6. The fraction of sp³-hybridized carbons (Fsp3) is 0.667. The fourth-order valence-corrected chi connectivity index (χ4v) is 2.82. The molecule has 0 saturated heterocycles. The second-order valence-electron chi connectivity index (χ2n) is 5.78. The van der Waals surface area contributed by atoms with E-state index in [9.17, 15) is 10.1 Å². The Morgan fingerprint density at radius 2 is 2.14 bits per heavy atom. The third-order valence-corrected chi connectivity index (χ3v) is 3.96. The molecule has 1 aliphatic carbocycles. The van der Waals surface area contributed by atoms with Gasteiger partial charge in [-0.2, -0.15) is 0 Å². The summed E-state index contributed by atoms with van der Waals surface area (Å²) < 4.78 is 0. The highest BCUT2D eigenvalue weighted by Crippen LogP contribution is 2.28. The van der Waals surface area contributed by atoms with Crippen LogP contribution in [0.2, 0.25) is 0 Å². The van der Waals surface area contributed by atoms with Crippen molar-refractivity contribution in [3.05, 3.63) is 22.2 Å². The minimum atomic E-state index is -0.355. The van der Waals surface area contributed by atoms with Gasteiger partial charge in [0, 0.05) is 20.1 Å². The summed E-state index contributed by atoms with van der Waals surface area (Å²) >= 11 is 0. The molecule has 6 nitrogen and oxygen atoms in total. The largest absolute Gasteiger partial charge is 0.370 e. The normalized spacial score (nSPS) is 15.1. The molecule has 1 aromatic heterocycles. The molecule has 1 heterocycles. The number of nitrogens with zero attached hydrogens (tertiary/aromatic N) is 3. The molecule has 0 spiro atoms. The molecule has 0 unspecified atom stereocenters. The topological polar surface area (TPSA) is 71.3 Å². The van der Waals surface area contributed by atoms with Crippen LogP contribution in [0.5, 0.6) is 0 Å². The number of hydrogen-bond donors (Lipinski definition) is 1. The zero-order valence-electron chi connectivity index (χ0n) is 12.8. The summed E-state index contributed by atoms with van der Waals surface area (Å²) in [6.45, 7) is 3.73. The predicted octanol–water partition coefficient (Wildman–Crippen LogP) is 3.44. The first-order valence-corrected chi connectivity index (χ1v) is 7.71. The Labute approximate surface area is 125 Å². The molecular formula is C15H24N4O2. The smallest absolute Gasteiger partial charge is 0.276 e. The molecule has 0 bridgehead atoms. The van der Waals surface area contributed by atoms with Crippen molar-refractivity contribution >= 4 is 17.3 Å². The summed E-state index contributed by atoms with van der Waals surface area (Å²) in [6, 6.07) is 3.06. The van der Waals surface area contributed by atoms with E-state index in [1.54, 1.807) is 6.07 Å². The van der Waals surface area contributed by atoms with Gasteiger partial charge in [-0.15, -0.1) is 0 Å². The molecule has 1 fully saturated rings. The first-order chi connectivity index (χ1) is 10.1. The molecule has 0 aliphatic heterocycles. The van der Waals surface area contributed by atoms with Crippen molar-refractivity contribution < 1.29 is 4.92 Å². The van der Waals surface area contributed by atoms with E-state index in [4.69, 9.17) is 0 Å². The molecule has 6 heteroatoms. The van der Waals surface area contributed by atoms with Crippen LogP contribution >= 0.6 is 0 Å². The lowest BCUT2D eigenvalue weighted by molar-refractivity contribution is -0.384. The number of anilines is 2. The SMILES string of the molecule is CCCNc1cc([N+](=O)[O-])cc(N(C)CC2CCCC2)n1. The van der Waals surface area contributed by atoms with E-state index in [2.05, 4.69) is 17.2 Å². The monoisotopic (exact) mass is 292 g/mol. The van der Waals surface area contributed by atoms with E-state index < -0.39 is 0 Å². The maximum absolute atomic E-state index is 11.1. The molecule has 116 valence electrons. The summed E-state index contributed by atoms with van der Waals surface area (Å²) in [6.07, 6.45) is 6.05. The van der Waals surface area contributed by atoms with Crippen molar-refractivity contribution in [3.63, 3.8) is 0 Å². The molecule has 0 amide bonds. The quantitative estimate of drug-likeness (QED) is 0.615. The van der Waals surface area contributed by atoms with Gasteiger partial charge in [0.2, 0.25) is 0 Å². The number of pyridine rings is 1. The van der Waals surface area contributed by atoms with Gasteiger partial charge in [0.15, 0.2) is 0 Å². The Kier molecular flexibility index (Phi) is 5.36. The second kappa shape index (κ2) is 7.24. The highest BCUT2D eigenvalue weighted by Gasteiger charge is 2.19. The van der Waals surface area contributed by atoms with Crippen LogP contribution in [0.25, 0.3) is 0 Å². The van der Waals surface area contributed by atoms with Crippen molar-refractivity contribution in [1.29, 1.82) is 0 Å². The van der Waals surface area contributed by atoms with Crippen LogP contribution in [-0.4, -0.2) is 30.0 Å². The van der Waals surface area contributed by atoms with Gasteiger partial charge in [-0.3, -0.25) is 10.1 Å². The van der Waals surface area contributed by atoms with Gasteiger partial charge in [-0.1, -0.05) is 19.8 Å². The molecule has 0 aromatic carbocycles. The van der Waals surface area contributed by atoms with Crippen molar-refractivity contribution in [1.82, 2.24) is 4.98 Å². The van der Waals surface area contributed by atoms with Crippen LogP contribution in [-0.2, 0) is 0 Å². The maximum atomic E-state index is 11.1. The first-order valence-electron chi connectivity index (χ1n) is 7.71. The molecule has 0 radical (unpaired) electrons. The van der Waals surface area contributed by atoms with Crippen molar-refractivity contribution in [2.45, 2.75) is 39.0 Å².